The Bertz CT molecular complexity index is 697. The van der Waals surface area contributed by atoms with Crippen molar-refractivity contribution in [1.29, 1.82) is 0 Å². The maximum Gasteiger partial charge on any atom is 0.387 e. The first kappa shape index (κ1) is 15.9. The van der Waals surface area contributed by atoms with E-state index in [4.69, 9.17) is 4.74 Å². The number of aryl methyl sites for hydroxylation is 2. The highest BCUT2D eigenvalue weighted by molar-refractivity contribution is 5.88. The molecule has 0 aliphatic rings. The van der Waals surface area contributed by atoms with Crippen molar-refractivity contribution >= 4 is 6.29 Å². The van der Waals surface area contributed by atoms with Gasteiger partial charge in [-0.25, -0.2) is 0 Å². The zero-order valence-electron chi connectivity index (χ0n) is 12.5. The van der Waals surface area contributed by atoms with Crippen molar-refractivity contribution in [2.75, 3.05) is 7.11 Å². The topological polar surface area (TPSA) is 35.5 Å². The molecule has 0 aliphatic heterocycles. The first-order chi connectivity index (χ1) is 10.5. The largest absolute Gasteiger partial charge is 0.495 e. The second kappa shape index (κ2) is 6.56. The van der Waals surface area contributed by atoms with Crippen LogP contribution < -0.4 is 9.47 Å². The number of aldehydes is 1. The minimum absolute atomic E-state index is 0.0429. The first-order valence-electron chi connectivity index (χ1n) is 6.66. The summed E-state index contributed by atoms with van der Waals surface area (Å²) in [5.74, 6) is 0.381. The number of carbonyl (C=O) groups is 1. The van der Waals surface area contributed by atoms with Crippen LogP contribution in [0.2, 0.25) is 0 Å². The summed E-state index contributed by atoms with van der Waals surface area (Å²) in [5, 5.41) is 0. The summed E-state index contributed by atoms with van der Waals surface area (Å²) in [6, 6.07) is 8.35. The number of halogens is 2. The standard InChI is InChI=1S/C17H16F2O3/c1-10-4-5-15(22-17(18)19)13(7-10)14-8-11(2)6-12(9-20)16(14)21-3/h4-9,17H,1-3H3. The van der Waals surface area contributed by atoms with E-state index >= 15 is 0 Å². The van der Waals surface area contributed by atoms with Crippen molar-refractivity contribution in [2.45, 2.75) is 20.5 Å². The van der Waals surface area contributed by atoms with Gasteiger partial charge in [0, 0.05) is 11.1 Å². The monoisotopic (exact) mass is 306 g/mol. The molecule has 0 aliphatic carbocycles. The number of rotatable bonds is 5. The van der Waals surface area contributed by atoms with E-state index in [0.717, 1.165) is 11.1 Å². The average Bonchev–Trinajstić information content (AvgIpc) is 2.47. The second-order valence-electron chi connectivity index (χ2n) is 4.93. The molecule has 2 rings (SSSR count). The lowest BCUT2D eigenvalue weighted by molar-refractivity contribution is -0.0494. The van der Waals surface area contributed by atoms with Crippen LogP contribution in [0.5, 0.6) is 11.5 Å². The van der Waals surface area contributed by atoms with Gasteiger partial charge in [0.25, 0.3) is 0 Å². The third-order valence-corrected chi connectivity index (χ3v) is 3.23. The van der Waals surface area contributed by atoms with Gasteiger partial charge in [0.2, 0.25) is 0 Å². The van der Waals surface area contributed by atoms with E-state index in [0.29, 0.717) is 28.7 Å². The van der Waals surface area contributed by atoms with Crippen molar-refractivity contribution in [3.05, 3.63) is 47.0 Å². The Morgan fingerprint density at radius 1 is 1.05 bits per heavy atom. The van der Waals surface area contributed by atoms with Gasteiger partial charge < -0.3 is 9.47 Å². The van der Waals surface area contributed by atoms with Gasteiger partial charge >= 0.3 is 6.61 Å². The summed E-state index contributed by atoms with van der Waals surface area (Å²) in [5.41, 5.74) is 3.07. The lowest BCUT2D eigenvalue weighted by Crippen LogP contribution is -2.04. The smallest absolute Gasteiger partial charge is 0.387 e. The maximum absolute atomic E-state index is 12.6. The molecule has 0 fully saturated rings. The van der Waals surface area contributed by atoms with Gasteiger partial charge in [0.05, 0.1) is 12.7 Å². The van der Waals surface area contributed by atoms with Crippen LogP contribution in [0.3, 0.4) is 0 Å². The summed E-state index contributed by atoms with van der Waals surface area (Å²) in [7, 11) is 1.44. The molecule has 0 heterocycles. The van der Waals surface area contributed by atoms with Crippen molar-refractivity contribution in [2.24, 2.45) is 0 Å². The lowest BCUT2D eigenvalue weighted by Gasteiger charge is -2.16. The summed E-state index contributed by atoms with van der Waals surface area (Å²) in [6.07, 6.45) is 0.679. The van der Waals surface area contributed by atoms with E-state index in [2.05, 4.69) is 4.74 Å². The molecule has 22 heavy (non-hydrogen) atoms. The SMILES string of the molecule is COc1c(C=O)cc(C)cc1-c1cc(C)ccc1OC(F)F. The zero-order valence-corrected chi connectivity index (χ0v) is 12.5. The minimum atomic E-state index is -2.93. The number of ether oxygens (including phenoxy) is 2. The van der Waals surface area contributed by atoms with Crippen LogP contribution in [0.1, 0.15) is 21.5 Å². The molecule has 0 saturated heterocycles. The molecule has 0 spiro atoms. The van der Waals surface area contributed by atoms with Crippen LogP contribution >= 0.6 is 0 Å². The molecule has 0 bridgehead atoms. The molecule has 116 valence electrons. The van der Waals surface area contributed by atoms with Crippen molar-refractivity contribution in [1.82, 2.24) is 0 Å². The Morgan fingerprint density at radius 3 is 2.32 bits per heavy atom. The van der Waals surface area contributed by atoms with E-state index in [-0.39, 0.29) is 5.75 Å². The van der Waals surface area contributed by atoms with Gasteiger partial charge in [-0.3, -0.25) is 4.79 Å². The predicted molar refractivity (Wildman–Crippen MR) is 79.9 cm³/mol. The maximum atomic E-state index is 12.6. The number of benzene rings is 2. The molecule has 0 N–H and O–H groups in total. The molecule has 0 saturated carbocycles. The summed E-state index contributed by atoms with van der Waals surface area (Å²) in [4.78, 5) is 11.2. The molecule has 2 aromatic rings. The highest BCUT2D eigenvalue weighted by Gasteiger charge is 2.18. The van der Waals surface area contributed by atoms with E-state index in [1.165, 1.54) is 13.2 Å². The highest BCUT2D eigenvalue weighted by Crippen LogP contribution is 2.39. The Morgan fingerprint density at radius 2 is 1.73 bits per heavy atom. The van der Waals surface area contributed by atoms with E-state index < -0.39 is 6.61 Å². The van der Waals surface area contributed by atoms with Crippen LogP contribution in [0.25, 0.3) is 11.1 Å². The fraction of sp³-hybridized carbons (Fsp3) is 0.235. The normalized spacial score (nSPS) is 10.6. The third-order valence-electron chi connectivity index (χ3n) is 3.23. The van der Waals surface area contributed by atoms with Crippen molar-refractivity contribution in [3.63, 3.8) is 0 Å². The molecule has 5 heteroatoms. The van der Waals surface area contributed by atoms with Gasteiger partial charge in [0.1, 0.15) is 11.5 Å². The Kier molecular flexibility index (Phi) is 4.75. The molecule has 3 nitrogen and oxygen atoms in total. The van der Waals surface area contributed by atoms with Crippen LogP contribution in [-0.4, -0.2) is 20.0 Å². The van der Waals surface area contributed by atoms with Crippen LogP contribution in [0, 0.1) is 13.8 Å². The molecule has 0 aromatic heterocycles. The number of methoxy groups -OCH3 is 1. The van der Waals surface area contributed by atoms with E-state index in [1.54, 1.807) is 24.3 Å². The van der Waals surface area contributed by atoms with Crippen LogP contribution in [0.15, 0.2) is 30.3 Å². The zero-order chi connectivity index (χ0) is 16.3. The summed E-state index contributed by atoms with van der Waals surface area (Å²) in [6.45, 7) is 0.737. The van der Waals surface area contributed by atoms with Gasteiger partial charge in [-0.1, -0.05) is 11.6 Å². The van der Waals surface area contributed by atoms with Gasteiger partial charge in [-0.15, -0.1) is 0 Å². The van der Waals surface area contributed by atoms with Crippen LogP contribution in [0.4, 0.5) is 8.78 Å². The predicted octanol–water partition coefficient (Wildman–Crippen LogP) is 4.39. The van der Waals surface area contributed by atoms with E-state index in [1.807, 2.05) is 13.8 Å². The Labute approximate surface area is 127 Å². The summed E-state index contributed by atoms with van der Waals surface area (Å²) >= 11 is 0. The molecule has 0 unspecified atom stereocenters. The first-order valence-corrected chi connectivity index (χ1v) is 6.66. The number of hydrogen-bond acceptors (Lipinski definition) is 3. The number of hydrogen-bond donors (Lipinski definition) is 0. The fourth-order valence-corrected chi connectivity index (χ4v) is 2.37. The minimum Gasteiger partial charge on any atom is -0.495 e. The van der Waals surface area contributed by atoms with Crippen molar-refractivity contribution in [3.8, 4) is 22.6 Å². The third kappa shape index (κ3) is 3.24. The highest BCUT2D eigenvalue weighted by atomic mass is 19.3. The Balaban J connectivity index is 2.72. The average molecular weight is 306 g/mol. The van der Waals surface area contributed by atoms with E-state index in [9.17, 15) is 13.6 Å². The molecular weight excluding hydrogens is 290 g/mol. The lowest BCUT2D eigenvalue weighted by atomic mass is 9.97. The summed E-state index contributed by atoms with van der Waals surface area (Å²) < 4.78 is 35.1. The Hall–Kier alpha value is -2.43. The number of carbonyl (C=O) groups excluding carboxylic acids is 1. The second-order valence-corrected chi connectivity index (χ2v) is 4.93. The van der Waals surface area contributed by atoms with Crippen LogP contribution in [-0.2, 0) is 0 Å². The quantitative estimate of drug-likeness (QED) is 0.768. The number of alkyl halides is 2. The molecule has 0 amide bonds. The van der Waals surface area contributed by atoms with Gasteiger partial charge in [-0.2, -0.15) is 8.78 Å². The molecule has 2 aromatic carbocycles. The molecule has 0 atom stereocenters. The fourth-order valence-electron chi connectivity index (χ4n) is 2.37. The van der Waals surface area contributed by atoms with Gasteiger partial charge in [0.15, 0.2) is 6.29 Å². The van der Waals surface area contributed by atoms with Gasteiger partial charge in [-0.05, 0) is 43.7 Å². The molecule has 0 radical (unpaired) electrons. The van der Waals surface area contributed by atoms with Crippen molar-refractivity contribution < 1.29 is 23.0 Å². The molecular formula is C17H16F2O3.